The zero-order chi connectivity index (χ0) is 16.5. The molecule has 0 radical (unpaired) electrons. The van der Waals surface area contributed by atoms with Gasteiger partial charge in [0, 0.05) is 17.9 Å². The van der Waals surface area contributed by atoms with Gasteiger partial charge >= 0.3 is 5.97 Å². The van der Waals surface area contributed by atoms with Gasteiger partial charge in [0.25, 0.3) is 0 Å². The van der Waals surface area contributed by atoms with E-state index in [1.165, 1.54) is 4.73 Å². The summed E-state index contributed by atoms with van der Waals surface area (Å²) in [5.41, 5.74) is 0.452. The highest BCUT2D eigenvalue weighted by Gasteiger charge is 2.30. The number of methoxy groups -OCH3 is 1. The molecule has 1 aromatic heterocycles. The maximum atomic E-state index is 12.6. The third-order valence-corrected chi connectivity index (χ3v) is 3.19. The minimum atomic E-state index is -0.637. The SMILES string of the molecule is CCC(=O)On1c(C(=O)C(C)(C)C)nc2cc(OC)ccc21. The van der Waals surface area contributed by atoms with E-state index in [0.717, 1.165) is 0 Å². The monoisotopic (exact) mass is 304 g/mol. The summed E-state index contributed by atoms with van der Waals surface area (Å²) in [6.45, 7) is 7.07. The summed E-state index contributed by atoms with van der Waals surface area (Å²) in [6, 6.07) is 5.14. The topological polar surface area (TPSA) is 70.4 Å². The Morgan fingerprint density at radius 2 is 1.95 bits per heavy atom. The van der Waals surface area contributed by atoms with E-state index < -0.39 is 11.4 Å². The van der Waals surface area contributed by atoms with E-state index in [1.807, 2.05) is 0 Å². The molecular formula is C16H20N2O4. The number of carbonyl (C=O) groups is 2. The molecule has 0 saturated carbocycles. The molecule has 0 saturated heterocycles. The van der Waals surface area contributed by atoms with E-state index in [9.17, 15) is 9.59 Å². The molecule has 6 heteroatoms. The van der Waals surface area contributed by atoms with E-state index in [0.29, 0.717) is 16.8 Å². The van der Waals surface area contributed by atoms with Gasteiger partial charge in [-0.25, -0.2) is 9.78 Å². The average Bonchev–Trinajstić information content (AvgIpc) is 2.82. The number of rotatable bonds is 4. The molecule has 0 unspecified atom stereocenters. The maximum absolute atomic E-state index is 12.6. The molecule has 22 heavy (non-hydrogen) atoms. The number of nitrogens with zero attached hydrogens (tertiary/aromatic N) is 2. The number of hydrogen-bond donors (Lipinski definition) is 0. The lowest BCUT2D eigenvalue weighted by Crippen LogP contribution is -2.28. The fourth-order valence-corrected chi connectivity index (χ4v) is 1.90. The zero-order valence-electron chi connectivity index (χ0n) is 13.5. The fraction of sp³-hybridized carbons (Fsp3) is 0.438. The van der Waals surface area contributed by atoms with E-state index >= 15 is 0 Å². The number of Topliss-reactive ketones (excluding diaryl/α,β-unsaturated/α-hetero) is 1. The fourth-order valence-electron chi connectivity index (χ4n) is 1.90. The number of fused-ring (bicyclic) bond motifs is 1. The molecule has 0 N–H and O–H groups in total. The second kappa shape index (κ2) is 5.79. The summed E-state index contributed by atoms with van der Waals surface area (Å²) >= 11 is 0. The molecule has 1 aromatic carbocycles. The Kier molecular flexibility index (Phi) is 4.21. The molecule has 0 fully saturated rings. The molecule has 0 spiro atoms. The Balaban J connectivity index is 2.64. The number of ether oxygens (including phenoxy) is 1. The van der Waals surface area contributed by atoms with Crippen LogP contribution in [0.15, 0.2) is 18.2 Å². The Hall–Kier alpha value is -2.37. The number of hydrogen-bond acceptors (Lipinski definition) is 5. The smallest absolute Gasteiger partial charge is 0.332 e. The molecule has 118 valence electrons. The van der Waals surface area contributed by atoms with Crippen LogP contribution in [0.4, 0.5) is 0 Å². The molecule has 2 aromatic rings. The lowest BCUT2D eigenvalue weighted by Gasteiger charge is -2.16. The predicted molar refractivity (Wildman–Crippen MR) is 81.9 cm³/mol. The van der Waals surface area contributed by atoms with Gasteiger partial charge in [-0.15, -0.1) is 4.73 Å². The minimum Gasteiger partial charge on any atom is -0.497 e. The molecule has 2 rings (SSSR count). The highest BCUT2D eigenvalue weighted by Crippen LogP contribution is 2.25. The van der Waals surface area contributed by atoms with Crippen molar-refractivity contribution in [3.05, 3.63) is 24.0 Å². The van der Waals surface area contributed by atoms with Crippen LogP contribution in [0.3, 0.4) is 0 Å². The Morgan fingerprint density at radius 1 is 1.27 bits per heavy atom. The van der Waals surface area contributed by atoms with E-state index in [-0.39, 0.29) is 18.0 Å². The van der Waals surface area contributed by atoms with Crippen molar-refractivity contribution in [2.75, 3.05) is 7.11 Å². The van der Waals surface area contributed by atoms with Crippen molar-refractivity contribution < 1.29 is 19.2 Å². The van der Waals surface area contributed by atoms with Crippen molar-refractivity contribution in [2.24, 2.45) is 5.41 Å². The second-order valence-corrected chi connectivity index (χ2v) is 5.98. The highest BCUT2D eigenvalue weighted by molar-refractivity contribution is 5.99. The lowest BCUT2D eigenvalue weighted by molar-refractivity contribution is -0.143. The van der Waals surface area contributed by atoms with Crippen molar-refractivity contribution in [2.45, 2.75) is 34.1 Å². The first kappa shape index (κ1) is 16.0. The third-order valence-electron chi connectivity index (χ3n) is 3.19. The molecule has 0 amide bonds. The van der Waals surface area contributed by atoms with Gasteiger partial charge in [0.05, 0.1) is 12.6 Å². The third kappa shape index (κ3) is 2.95. The van der Waals surface area contributed by atoms with Crippen LogP contribution in [0, 0.1) is 5.41 Å². The normalized spacial score (nSPS) is 11.5. The second-order valence-electron chi connectivity index (χ2n) is 5.98. The van der Waals surface area contributed by atoms with Crippen LogP contribution in [0.2, 0.25) is 0 Å². The number of aromatic nitrogens is 2. The quantitative estimate of drug-likeness (QED) is 0.812. The molecule has 0 aliphatic rings. The highest BCUT2D eigenvalue weighted by atomic mass is 16.7. The van der Waals surface area contributed by atoms with Gasteiger partial charge < -0.3 is 9.57 Å². The Morgan fingerprint density at radius 3 is 2.50 bits per heavy atom. The first-order valence-electron chi connectivity index (χ1n) is 7.10. The van der Waals surface area contributed by atoms with Gasteiger partial charge in [0.15, 0.2) is 0 Å². The zero-order valence-corrected chi connectivity index (χ0v) is 13.5. The van der Waals surface area contributed by atoms with Crippen molar-refractivity contribution >= 4 is 22.8 Å². The molecule has 1 heterocycles. The standard InChI is InChI=1S/C16H20N2O4/c1-6-13(19)22-18-12-8-7-10(21-5)9-11(12)17-15(18)14(20)16(2,3)4/h7-9H,6H2,1-5H3. The molecule has 6 nitrogen and oxygen atoms in total. The summed E-state index contributed by atoms with van der Waals surface area (Å²) in [7, 11) is 1.55. The molecule has 0 aliphatic heterocycles. The summed E-state index contributed by atoms with van der Waals surface area (Å²) in [4.78, 5) is 33.9. The number of benzene rings is 1. The van der Waals surface area contributed by atoms with Crippen LogP contribution < -0.4 is 9.57 Å². The Labute approximate surface area is 129 Å². The van der Waals surface area contributed by atoms with Crippen LogP contribution in [-0.4, -0.2) is 28.6 Å². The summed E-state index contributed by atoms with van der Waals surface area (Å²) in [5, 5.41) is 0. The number of ketones is 1. The van der Waals surface area contributed by atoms with Crippen LogP contribution in [0.25, 0.3) is 11.0 Å². The maximum Gasteiger partial charge on any atom is 0.332 e. The van der Waals surface area contributed by atoms with Crippen molar-refractivity contribution in [3.63, 3.8) is 0 Å². The molecule has 0 aliphatic carbocycles. The van der Waals surface area contributed by atoms with Crippen LogP contribution in [-0.2, 0) is 4.79 Å². The van der Waals surface area contributed by atoms with Crippen LogP contribution in [0.1, 0.15) is 44.7 Å². The molecular weight excluding hydrogens is 284 g/mol. The van der Waals surface area contributed by atoms with Crippen molar-refractivity contribution in [3.8, 4) is 5.75 Å². The molecule has 0 bridgehead atoms. The largest absolute Gasteiger partial charge is 0.497 e. The number of carbonyl (C=O) groups excluding carboxylic acids is 2. The van der Waals surface area contributed by atoms with E-state index in [4.69, 9.17) is 9.57 Å². The van der Waals surface area contributed by atoms with Crippen LogP contribution in [0.5, 0.6) is 5.75 Å². The van der Waals surface area contributed by atoms with E-state index in [2.05, 4.69) is 4.98 Å². The van der Waals surface area contributed by atoms with Gasteiger partial charge in [-0.3, -0.25) is 4.79 Å². The number of imidazole rings is 1. The van der Waals surface area contributed by atoms with Gasteiger partial charge in [-0.05, 0) is 12.1 Å². The first-order chi connectivity index (χ1) is 10.3. The minimum absolute atomic E-state index is 0.109. The van der Waals surface area contributed by atoms with Crippen molar-refractivity contribution in [1.29, 1.82) is 0 Å². The van der Waals surface area contributed by atoms with Gasteiger partial charge in [-0.1, -0.05) is 27.7 Å². The summed E-state index contributed by atoms with van der Waals surface area (Å²) < 4.78 is 6.38. The predicted octanol–water partition coefficient (Wildman–Crippen LogP) is 2.64. The van der Waals surface area contributed by atoms with Crippen molar-refractivity contribution in [1.82, 2.24) is 9.71 Å². The molecule has 0 atom stereocenters. The van der Waals surface area contributed by atoms with Crippen LogP contribution >= 0.6 is 0 Å². The van der Waals surface area contributed by atoms with E-state index in [1.54, 1.807) is 53.0 Å². The summed E-state index contributed by atoms with van der Waals surface area (Å²) in [6.07, 6.45) is 0.207. The average molecular weight is 304 g/mol. The first-order valence-corrected chi connectivity index (χ1v) is 7.10. The van der Waals surface area contributed by atoms with Gasteiger partial charge in [0.2, 0.25) is 11.6 Å². The van der Waals surface area contributed by atoms with Gasteiger partial charge in [0.1, 0.15) is 11.3 Å². The Bertz CT molecular complexity index is 726. The van der Waals surface area contributed by atoms with Gasteiger partial charge in [-0.2, -0.15) is 0 Å². The lowest BCUT2D eigenvalue weighted by atomic mass is 9.90. The summed E-state index contributed by atoms with van der Waals surface area (Å²) in [5.74, 6) is 0.0934.